The highest BCUT2D eigenvalue weighted by Gasteiger charge is 2.52. The fourth-order valence-corrected chi connectivity index (χ4v) is 8.34. The molecule has 0 spiro atoms. The van der Waals surface area contributed by atoms with E-state index in [-0.39, 0.29) is 47.4 Å². The summed E-state index contributed by atoms with van der Waals surface area (Å²) in [5.41, 5.74) is 11.2. The molecule has 2 saturated heterocycles. The Morgan fingerprint density at radius 1 is 1.14 bits per heavy atom. The van der Waals surface area contributed by atoms with Gasteiger partial charge in [0.25, 0.3) is 0 Å². The van der Waals surface area contributed by atoms with Gasteiger partial charge in [0.15, 0.2) is 12.2 Å². The fourth-order valence-electron chi connectivity index (χ4n) is 7.35. The number of likely N-dealkylation sites (tertiary alicyclic amines) is 1. The van der Waals surface area contributed by atoms with E-state index in [2.05, 4.69) is 19.8 Å². The molecule has 2 aliphatic heterocycles. The molecule has 0 aromatic heterocycles. The Bertz CT molecular complexity index is 1660. The van der Waals surface area contributed by atoms with Gasteiger partial charge in [-0.2, -0.15) is 8.42 Å². The van der Waals surface area contributed by atoms with E-state index in [9.17, 15) is 43.2 Å². The van der Waals surface area contributed by atoms with Gasteiger partial charge in [-0.05, 0) is 68.6 Å². The number of nitrogens with two attached hydrogens (primary N) is 2. The predicted octanol–water partition coefficient (Wildman–Crippen LogP) is -0.568. The lowest BCUT2D eigenvalue weighted by molar-refractivity contribution is -0.281. The second kappa shape index (κ2) is 20.6. The van der Waals surface area contributed by atoms with Crippen molar-refractivity contribution in [2.24, 2.45) is 22.4 Å². The van der Waals surface area contributed by atoms with Crippen molar-refractivity contribution in [3.05, 3.63) is 28.8 Å². The topological polar surface area (TPSA) is 306 Å². The first kappa shape index (κ1) is 45.6. The zero-order valence-corrected chi connectivity index (χ0v) is 33.1. The highest BCUT2D eigenvalue weighted by atomic mass is 35.5. The molecule has 19 nitrogen and oxygen atoms in total. The lowest BCUT2D eigenvalue weighted by atomic mass is 9.84. The summed E-state index contributed by atoms with van der Waals surface area (Å²) in [5, 5.41) is 47.6. The minimum absolute atomic E-state index is 0.0104. The van der Waals surface area contributed by atoms with Crippen LogP contribution >= 0.6 is 23.2 Å². The molecule has 3 amide bonds. The Morgan fingerprint density at radius 2 is 1.88 bits per heavy atom. The number of rotatable bonds is 18. The average Bonchev–Trinajstić information content (AvgIpc) is 3.50. The minimum Gasteiger partial charge on any atom is -0.506 e. The van der Waals surface area contributed by atoms with Crippen LogP contribution < -0.4 is 22.1 Å². The number of aliphatic hydroxyl groups is 3. The first-order chi connectivity index (χ1) is 26.4. The Kier molecular flexibility index (Phi) is 16.8. The molecule has 0 bridgehead atoms. The molecule has 1 aromatic rings. The van der Waals surface area contributed by atoms with E-state index in [1.807, 2.05) is 0 Å². The molecule has 11 unspecified atom stereocenters. The van der Waals surface area contributed by atoms with Crippen LogP contribution in [0.3, 0.4) is 0 Å². The normalized spacial score (nSPS) is 28.1. The summed E-state index contributed by atoms with van der Waals surface area (Å²) in [7, 11) is -5.04. The number of nitrogens with zero attached hydrogens (tertiary/aromatic N) is 2. The molecule has 0 radical (unpaired) electrons. The number of aliphatic imine (C=N–C) groups is 1. The zero-order chi connectivity index (χ0) is 41.3. The summed E-state index contributed by atoms with van der Waals surface area (Å²) in [6.45, 7) is 1.72. The van der Waals surface area contributed by atoms with Crippen LogP contribution in [-0.2, 0) is 44.9 Å². The van der Waals surface area contributed by atoms with E-state index in [0.29, 0.717) is 57.1 Å². The van der Waals surface area contributed by atoms with Crippen LogP contribution in [-0.4, -0.2) is 142 Å². The molecule has 11 N–H and O–H groups in total. The first-order valence-electron chi connectivity index (χ1n) is 18.4. The number of hydrogen-bond donors (Lipinski definition) is 9. The van der Waals surface area contributed by atoms with E-state index in [1.165, 1.54) is 23.1 Å². The molecular formula is C34H52Cl2N6O13S. The second-order valence-electron chi connectivity index (χ2n) is 14.2. The molecule has 1 saturated carbocycles. The monoisotopic (exact) mass is 854 g/mol. The number of phenols is 1. The van der Waals surface area contributed by atoms with Gasteiger partial charge in [-0.3, -0.25) is 23.9 Å². The summed E-state index contributed by atoms with van der Waals surface area (Å²) < 4.78 is 47.7. The van der Waals surface area contributed by atoms with Crippen LogP contribution in [0.25, 0.3) is 0 Å². The van der Waals surface area contributed by atoms with Gasteiger partial charge in [-0.15, -0.1) is 11.6 Å². The van der Waals surface area contributed by atoms with Crippen LogP contribution in [0.2, 0.25) is 5.02 Å². The SMILES string of the molecule is CCCC(OC1OCC(OS(=O)(=O)O)C(O)C1O)C(NC(=O)C(O)Cc1ccc(O)c(Cl)c1)C(=O)N1C(C(=O)NCCCCN=C(N)N)CC2CCC(Cl)CC21. The Labute approximate surface area is 335 Å². The summed E-state index contributed by atoms with van der Waals surface area (Å²) in [5.74, 6) is -2.52. The van der Waals surface area contributed by atoms with Crippen molar-refractivity contribution in [2.45, 2.75) is 125 Å². The number of alkyl halides is 1. The highest BCUT2D eigenvalue weighted by molar-refractivity contribution is 7.80. The van der Waals surface area contributed by atoms with Gasteiger partial charge in [0.05, 0.1) is 17.7 Å². The molecule has 3 fully saturated rings. The Balaban J connectivity index is 1.64. The van der Waals surface area contributed by atoms with E-state index in [1.54, 1.807) is 6.92 Å². The van der Waals surface area contributed by atoms with Crippen molar-refractivity contribution in [1.82, 2.24) is 15.5 Å². The smallest absolute Gasteiger partial charge is 0.397 e. The van der Waals surface area contributed by atoms with Crippen LogP contribution in [0.15, 0.2) is 23.2 Å². The number of ether oxygens (including phenoxy) is 2. The number of hydrogen-bond acceptors (Lipinski definition) is 13. The van der Waals surface area contributed by atoms with Crippen molar-refractivity contribution in [3.63, 3.8) is 0 Å². The van der Waals surface area contributed by atoms with Crippen LogP contribution in [0.1, 0.15) is 63.9 Å². The summed E-state index contributed by atoms with van der Waals surface area (Å²) in [4.78, 5) is 47.9. The minimum atomic E-state index is -5.04. The second-order valence-corrected chi connectivity index (χ2v) is 16.3. The first-order valence-corrected chi connectivity index (χ1v) is 20.6. The number of benzene rings is 1. The van der Waals surface area contributed by atoms with Crippen LogP contribution in [0, 0.1) is 5.92 Å². The third kappa shape index (κ3) is 12.5. The highest BCUT2D eigenvalue weighted by Crippen LogP contribution is 2.42. The quantitative estimate of drug-likeness (QED) is 0.0294. The maximum Gasteiger partial charge on any atom is 0.397 e. The number of carbonyl (C=O) groups excluding carboxylic acids is 3. The van der Waals surface area contributed by atoms with Gasteiger partial charge < -0.3 is 56.9 Å². The van der Waals surface area contributed by atoms with Crippen molar-refractivity contribution < 1.29 is 61.4 Å². The molecule has 1 aromatic carbocycles. The predicted molar refractivity (Wildman–Crippen MR) is 202 cm³/mol. The van der Waals surface area contributed by atoms with E-state index in [0.717, 1.165) is 0 Å². The third-order valence-corrected chi connectivity index (χ3v) is 11.3. The molecule has 1 aliphatic carbocycles. The number of aliphatic hydroxyl groups excluding tert-OH is 3. The molecular weight excluding hydrogens is 803 g/mol. The largest absolute Gasteiger partial charge is 0.506 e. The Hall–Kier alpha value is -3.05. The number of unbranched alkanes of at least 4 members (excludes halogenated alkanes) is 1. The number of aromatic hydroxyl groups is 1. The van der Waals surface area contributed by atoms with Crippen LogP contribution in [0.5, 0.6) is 5.75 Å². The molecule has 56 heavy (non-hydrogen) atoms. The maximum atomic E-state index is 15.0. The molecule has 316 valence electrons. The van der Waals surface area contributed by atoms with Gasteiger partial charge >= 0.3 is 10.4 Å². The number of carbonyl (C=O) groups is 3. The van der Waals surface area contributed by atoms with Crippen molar-refractivity contribution in [1.29, 1.82) is 0 Å². The lowest BCUT2D eigenvalue weighted by Gasteiger charge is -2.41. The fraction of sp³-hybridized carbons (Fsp3) is 0.706. The molecule has 2 heterocycles. The van der Waals surface area contributed by atoms with Crippen molar-refractivity contribution in [3.8, 4) is 5.75 Å². The van der Waals surface area contributed by atoms with Gasteiger partial charge in [0.1, 0.15) is 42.2 Å². The summed E-state index contributed by atoms with van der Waals surface area (Å²) >= 11 is 12.6. The molecule has 3 aliphatic rings. The van der Waals surface area contributed by atoms with Gasteiger partial charge in [-0.1, -0.05) is 31.0 Å². The Morgan fingerprint density at radius 3 is 2.54 bits per heavy atom. The lowest BCUT2D eigenvalue weighted by Crippen LogP contribution is -2.63. The maximum absolute atomic E-state index is 15.0. The van der Waals surface area contributed by atoms with Crippen molar-refractivity contribution >= 4 is 57.3 Å². The standard InChI is InChI=1S/C34H52Cl2N6O13S/c1-2-5-25(54-33-29(46)28(45)26(16-53-33)55-56(50,51)52)27(41-31(48)24(44)13-17-6-9-23(43)20(36)12-17)32(49)42-21-15-19(35)8-7-18(21)14-22(42)30(47)39-10-3-4-11-40-34(37)38/h6,9,12,18-19,21-22,24-29,33,43-46H,2-5,7-8,10-11,13-16H2,1H3,(H,39,47)(H,41,48)(H4,37,38,40)(H,50,51,52). The number of fused-ring (bicyclic) bond motifs is 1. The van der Waals surface area contributed by atoms with Gasteiger partial charge in [0, 0.05) is 30.9 Å². The number of halogens is 2. The van der Waals surface area contributed by atoms with E-state index >= 15 is 0 Å². The van der Waals surface area contributed by atoms with Gasteiger partial charge in [-0.25, -0.2) is 4.18 Å². The van der Waals surface area contributed by atoms with Crippen LogP contribution in [0.4, 0.5) is 0 Å². The molecule has 22 heteroatoms. The van der Waals surface area contributed by atoms with E-state index < -0.39 is 89.7 Å². The summed E-state index contributed by atoms with van der Waals surface area (Å²) in [6, 6.07) is 1.03. The van der Waals surface area contributed by atoms with Crippen molar-refractivity contribution in [2.75, 3.05) is 19.7 Å². The molecule has 4 rings (SSSR count). The zero-order valence-electron chi connectivity index (χ0n) is 30.8. The average molecular weight is 856 g/mol. The van der Waals surface area contributed by atoms with Gasteiger partial charge in [0.2, 0.25) is 17.7 Å². The number of nitrogens with one attached hydrogen (secondary N) is 2. The summed E-state index contributed by atoms with van der Waals surface area (Å²) in [6.07, 6.45) is -7.11. The van der Waals surface area contributed by atoms with E-state index in [4.69, 9.17) is 48.7 Å². The number of guanidine groups is 1. The third-order valence-electron chi connectivity index (χ3n) is 10.1. The number of phenolic OH excluding ortho intramolecular Hbond substituents is 1. The molecule has 11 atom stereocenters. The number of amides is 3.